The molecule has 2 N–H and O–H groups in total. The predicted octanol–water partition coefficient (Wildman–Crippen LogP) is 3.08. The first-order chi connectivity index (χ1) is 7.61. The van der Waals surface area contributed by atoms with E-state index in [1.807, 2.05) is 17.8 Å². The van der Waals surface area contributed by atoms with Gasteiger partial charge in [-0.05, 0) is 24.3 Å². The third kappa shape index (κ3) is 1.85. The highest BCUT2D eigenvalue weighted by molar-refractivity contribution is 7.10. The van der Waals surface area contributed by atoms with Crippen molar-refractivity contribution in [2.45, 2.75) is 26.8 Å². The van der Waals surface area contributed by atoms with Gasteiger partial charge in [-0.3, -0.25) is 0 Å². The van der Waals surface area contributed by atoms with Gasteiger partial charge in [0.15, 0.2) is 0 Å². The van der Waals surface area contributed by atoms with Crippen molar-refractivity contribution in [3.05, 3.63) is 34.2 Å². The number of hydrogen-bond acceptors (Lipinski definition) is 3. The zero-order valence-electron chi connectivity index (χ0n) is 9.84. The maximum Gasteiger partial charge on any atom is 0.125 e. The molecule has 0 aliphatic rings. The summed E-state index contributed by atoms with van der Waals surface area (Å²) in [7, 11) is 0. The minimum absolute atomic E-state index is 0.244. The maximum atomic E-state index is 6.05. The third-order valence-electron chi connectivity index (χ3n) is 2.76. The standard InChI is InChI=1S/C12H17N3S/c1-8(2)11(10-5-4-6-16-10)15-12(13)9(3)7-14-15/h4-8,11H,13H2,1-3H3. The van der Waals surface area contributed by atoms with E-state index in [0.29, 0.717) is 5.92 Å². The molecule has 0 saturated carbocycles. The van der Waals surface area contributed by atoms with E-state index < -0.39 is 0 Å². The summed E-state index contributed by atoms with van der Waals surface area (Å²) in [4.78, 5) is 1.31. The van der Waals surface area contributed by atoms with Gasteiger partial charge < -0.3 is 5.73 Å². The number of aromatic nitrogens is 2. The number of thiophene rings is 1. The van der Waals surface area contributed by atoms with Gasteiger partial charge in [-0.25, -0.2) is 4.68 Å². The predicted molar refractivity (Wildman–Crippen MR) is 68.7 cm³/mol. The van der Waals surface area contributed by atoms with Crippen molar-refractivity contribution >= 4 is 17.2 Å². The lowest BCUT2D eigenvalue weighted by Crippen LogP contribution is -2.18. The Kier molecular flexibility index (Phi) is 3.01. The summed E-state index contributed by atoms with van der Waals surface area (Å²) in [5.41, 5.74) is 7.10. The molecule has 0 aromatic carbocycles. The van der Waals surface area contributed by atoms with E-state index in [4.69, 9.17) is 5.73 Å². The van der Waals surface area contributed by atoms with Gasteiger partial charge in [0.2, 0.25) is 0 Å². The smallest absolute Gasteiger partial charge is 0.125 e. The summed E-state index contributed by atoms with van der Waals surface area (Å²) in [5.74, 6) is 1.24. The summed E-state index contributed by atoms with van der Waals surface area (Å²) >= 11 is 1.76. The van der Waals surface area contributed by atoms with Crippen molar-refractivity contribution in [3.63, 3.8) is 0 Å². The second kappa shape index (κ2) is 4.29. The van der Waals surface area contributed by atoms with E-state index in [1.165, 1.54) is 4.88 Å². The van der Waals surface area contributed by atoms with Crippen LogP contribution in [0.5, 0.6) is 0 Å². The van der Waals surface area contributed by atoms with Crippen molar-refractivity contribution in [2.75, 3.05) is 5.73 Å². The third-order valence-corrected chi connectivity index (χ3v) is 3.70. The molecule has 16 heavy (non-hydrogen) atoms. The average Bonchev–Trinajstić information content (AvgIpc) is 2.83. The van der Waals surface area contributed by atoms with Crippen LogP contribution in [0, 0.1) is 12.8 Å². The van der Waals surface area contributed by atoms with E-state index in [1.54, 1.807) is 11.3 Å². The molecule has 0 spiro atoms. The lowest BCUT2D eigenvalue weighted by Gasteiger charge is -2.21. The van der Waals surface area contributed by atoms with Gasteiger partial charge in [0.1, 0.15) is 5.82 Å². The van der Waals surface area contributed by atoms with Crippen molar-refractivity contribution < 1.29 is 0 Å². The lowest BCUT2D eigenvalue weighted by molar-refractivity contribution is 0.413. The molecule has 0 fully saturated rings. The minimum Gasteiger partial charge on any atom is -0.384 e. The largest absolute Gasteiger partial charge is 0.384 e. The van der Waals surface area contributed by atoms with Gasteiger partial charge >= 0.3 is 0 Å². The molecular formula is C12H17N3S. The molecule has 2 aromatic heterocycles. The summed E-state index contributed by atoms with van der Waals surface area (Å²) in [6.07, 6.45) is 1.83. The highest BCUT2D eigenvalue weighted by Crippen LogP contribution is 2.31. The van der Waals surface area contributed by atoms with Crippen molar-refractivity contribution in [1.82, 2.24) is 9.78 Å². The Balaban J connectivity index is 2.45. The number of rotatable bonds is 3. The molecule has 0 saturated heterocycles. The molecular weight excluding hydrogens is 218 g/mol. The number of hydrogen-bond donors (Lipinski definition) is 1. The van der Waals surface area contributed by atoms with E-state index in [9.17, 15) is 0 Å². The zero-order chi connectivity index (χ0) is 11.7. The first-order valence-electron chi connectivity index (χ1n) is 5.44. The zero-order valence-corrected chi connectivity index (χ0v) is 10.7. The Labute approximate surface area is 99.9 Å². The van der Waals surface area contributed by atoms with Gasteiger partial charge in [0, 0.05) is 10.4 Å². The highest BCUT2D eigenvalue weighted by atomic mass is 32.1. The molecule has 0 amide bonds. The van der Waals surface area contributed by atoms with Crippen LogP contribution in [-0.4, -0.2) is 9.78 Å². The van der Waals surface area contributed by atoms with Crippen LogP contribution in [0.1, 0.15) is 30.3 Å². The second-order valence-electron chi connectivity index (χ2n) is 4.36. The SMILES string of the molecule is Cc1cnn(C(c2cccs2)C(C)C)c1N. The monoisotopic (exact) mass is 235 g/mol. The first kappa shape index (κ1) is 11.2. The Morgan fingerprint density at radius 3 is 2.62 bits per heavy atom. The average molecular weight is 235 g/mol. The molecule has 0 aliphatic carbocycles. The van der Waals surface area contributed by atoms with E-state index in [2.05, 4.69) is 36.5 Å². The van der Waals surface area contributed by atoms with Crippen LogP contribution in [0.4, 0.5) is 5.82 Å². The molecule has 2 heterocycles. The Morgan fingerprint density at radius 2 is 2.19 bits per heavy atom. The van der Waals surface area contributed by atoms with E-state index in [0.717, 1.165) is 11.4 Å². The van der Waals surface area contributed by atoms with Gasteiger partial charge in [-0.1, -0.05) is 19.9 Å². The van der Waals surface area contributed by atoms with Crippen molar-refractivity contribution in [3.8, 4) is 0 Å². The summed E-state index contributed by atoms with van der Waals surface area (Å²) < 4.78 is 1.94. The van der Waals surface area contributed by atoms with Crippen molar-refractivity contribution in [2.24, 2.45) is 5.92 Å². The van der Waals surface area contributed by atoms with Gasteiger partial charge in [0.25, 0.3) is 0 Å². The normalized spacial score (nSPS) is 13.2. The summed E-state index contributed by atoms with van der Waals surface area (Å²) in [6.45, 7) is 6.38. The van der Waals surface area contributed by atoms with Crippen LogP contribution in [0.3, 0.4) is 0 Å². The lowest BCUT2D eigenvalue weighted by atomic mass is 10.0. The van der Waals surface area contributed by atoms with Gasteiger partial charge in [-0.2, -0.15) is 5.10 Å². The summed E-state index contributed by atoms with van der Waals surface area (Å²) in [5, 5.41) is 6.49. The minimum atomic E-state index is 0.244. The van der Waals surface area contributed by atoms with Crippen LogP contribution in [0.25, 0.3) is 0 Å². The van der Waals surface area contributed by atoms with Gasteiger partial charge in [-0.15, -0.1) is 11.3 Å². The maximum absolute atomic E-state index is 6.05. The van der Waals surface area contributed by atoms with E-state index in [-0.39, 0.29) is 6.04 Å². The molecule has 1 unspecified atom stereocenters. The fourth-order valence-electron chi connectivity index (χ4n) is 1.87. The van der Waals surface area contributed by atoms with Crippen LogP contribution in [0.2, 0.25) is 0 Å². The first-order valence-corrected chi connectivity index (χ1v) is 6.32. The Bertz CT molecular complexity index is 457. The highest BCUT2D eigenvalue weighted by Gasteiger charge is 2.21. The van der Waals surface area contributed by atoms with Crippen LogP contribution < -0.4 is 5.73 Å². The number of nitrogen functional groups attached to an aromatic ring is 1. The van der Waals surface area contributed by atoms with E-state index >= 15 is 0 Å². The van der Waals surface area contributed by atoms with Gasteiger partial charge in [0.05, 0.1) is 12.2 Å². The fourth-order valence-corrected chi connectivity index (χ4v) is 2.85. The molecule has 4 heteroatoms. The number of aryl methyl sites for hydroxylation is 1. The molecule has 1 atom stereocenters. The molecule has 3 nitrogen and oxygen atoms in total. The quantitative estimate of drug-likeness (QED) is 0.888. The molecule has 2 aromatic rings. The molecule has 0 bridgehead atoms. The number of nitrogens with two attached hydrogens (primary N) is 1. The van der Waals surface area contributed by atoms with Crippen LogP contribution in [0.15, 0.2) is 23.7 Å². The molecule has 86 valence electrons. The molecule has 0 aliphatic heterocycles. The number of nitrogens with zero attached hydrogens (tertiary/aromatic N) is 2. The summed E-state index contributed by atoms with van der Waals surface area (Å²) in [6, 6.07) is 4.46. The fraction of sp³-hybridized carbons (Fsp3) is 0.417. The van der Waals surface area contributed by atoms with Crippen LogP contribution >= 0.6 is 11.3 Å². The Morgan fingerprint density at radius 1 is 1.44 bits per heavy atom. The number of anilines is 1. The van der Waals surface area contributed by atoms with Crippen molar-refractivity contribution in [1.29, 1.82) is 0 Å². The second-order valence-corrected chi connectivity index (χ2v) is 5.34. The molecule has 0 radical (unpaired) electrons. The molecule has 2 rings (SSSR count). The Hall–Kier alpha value is -1.29. The van der Waals surface area contributed by atoms with Crippen LogP contribution in [-0.2, 0) is 0 Å². The topological polar surface area (TPSA) is 43.8 Å².